The Balaban J connectivity index is -0.000000112. The Morgan fingerprint density at radius 1 is 0.917 bits per heavy atom. The molecule has 0 bridgehead atoms. The molecular weight excluding hydrogens is 156 g/mol. The highest BCUT2D eigenvalue weighted by Crippen LogP contribution is 1.79. The van der Waals surface area contributed by atoms with Gasteiger partial charge in [0.25, 0.3) is 0 Å². The van der Waals surface area contributed by atoms with E-state index in [9.17, 15) is 0 Å². The number of carbonyl (C=O) groups is 1. The van der Waals surface area contributed by atoms with Gasteiger partial charge in [-0.3, -0.25) is 0 Å². The average Bonchev–Trinajstić information content (AvgIpc) is 2.12. The standard InChI is InChI=1S/2C4H10O.CH2O/c2*1-2-3-4-5;1-2/h2*5H,2-4H2,1H3;1H2. The number of hydrogen-bond donors (Lipinski definition) is 2. The SMILES string of the molecule is C=O.CCCCO.CCCCO. The third-order valence-corrected chi connectivity index (χ3v) is 1.02. The van der Waals surface area contributed by atoms with E-state index in [1.165, 1.54) is 0 Å². The number of hydrogen-bond acceptors (Lipinski definition) is 3. The van der Waals surface area contributed by atoms with Crippen molar-refractivity contribution in [2.45, 2.75) is 39.5 Å². The highest BCUT2D eigenvalue weighted by atomic mass is 16.3. The third-order valence-electron chi connectivity index (χ3n) is 1.02. The van der Waals surface area contributed by atoms with Gasteiger partial charge in [0.05, 0.1) is 0 Å². The monoisotopic (exact) mass is 178 g/mol. The van der Waals surface area contributed by atoms with E-state index in [1.807, 2.05) is 6.79 Å². The first-order valence-corrected chi connectivity index (χ1v) is 4.34. The molecule has 0 saturated carbocycles. The van der Waals surface area contributed by atoms with Crippen molar-refractivity contribution in [2.75, 3.05) is 13.2 Å². The van der Waals surface area contributed by atoms with Crippen molar-refractivity contribution in [3.05, 3.63) is 0 Å². The zero-order valence-corrected chi connectivity index (χ0v) is 8.25. The summed E-state index contributed by atoms with van der Waals surface area (Å²) in [5.41, 5.74) is 0. The summed E-state index contributed by atoms with van der Waals surface area (Å²) >= 11 is 0. The van der Waals surface area contributed by atoms with Crippen LogP contribution >= 0.6 is 0 Å². The molecule has 0 amide bonds. The summed E-state index contributed by atoms with van der Waals surface area (Å²) in [5, 5.41) is 16.1. The number of aliphatic hydroxyl groups is 2. The van der Waals surface area contributed by atoms with E-state index in [-0.39, 0.29) is 0 Å². The van der Waals surface area contributed by atoms with Crippen molar-refractivity contribution in [1.82, 2.24) is 0 Å². The van der Waals surface area contributed by atoms with Crippen molar-refractivity contribution in [3.8, 4) is 0 Å². The predicted octanol–water partition coefficient (Wildman–Crippen LogP) is 1.37. The van der Waals surface area contributed by atoms with Gasteiger partial charge in [0.1, 0.15) is 6.79 Å². The highest BCUT2D eigenvalue weighted by Gasteiger charge is 1.69. The molecule has 0 spiro atoms. The molecule has 76 valence electrons. The van der Waals surface area contributed by atoms with Crippen LogP contribution in [-0.4, -0.2) is 30.2 Å². The van der Waals surface area contributed by atoms with Crippen LogP contribution in [0.5, 0.6) is 0 Å². The first-order chi connectivity index (χ1) is 5.83. The minimum atomic E-state index is 0.344. The second kappa shape index (κ2) is 31.2. The number of aliphatic hydroxyl groups excluding tert-OH is 2. The Hall–Kier alpha value is -0.410. The molecule has 0 aromatic carbocycles. The summed E-state index contributed by atoms with van der Waals surface area (Å²) in [5.74, 6) is 0. The lowest BCUT2D eigenvalue weighted by Gasteiger charge is -1.79. The molecular formula is C9H22O3. The van der Waals surface area contributed by atoms with E-state index >= 15 is 0 Å². The third kappa shape index (κ3) is 54.9. The Bertz CT molecular complexity index is 39.0. The summed E-state index contributed by atoms with van der Waals surface area (Å²) < 4.78 is 0. The maximum Gasteiger partial charge on any atom is 0.106 e. The van der Waals surface area contributed by atoms with Crippen LogP contribution in [0.2, 0.25) is 0 Å². The molecule has 3 nitrogen and oxygen atoms in total. The lowest BCUT2D eigenvalue weighted by atomic mass is 10.4. The lowest BCUT2D eigenvalue weighted by molar-refractivity contribution is -0.0979. The minimum absolute atomic E-state index is 0.344. The maximum absolute atomic E-state index is 8.07. The zero-order chi connectivity index (χ0) is 10.2. The number of carbonyl (C=O) groups excluding carboxylic acids is 1. The van der Waals surface area contributed by atoms with Gasteiger partial charge < -0.3 is 15.0 Å². The van der Waals surface area contributed by atoms with E-state index < -0.39 is 0 Å². The Morgan fingerprint density at radius 2 is 1.17 bits per heavy atom. The second-order valence-corrected chi connectivity index (χ2v) is 2.15. The first kappa shape index (κ1) is 17.6. The summed E-state index contributed by atoms with van der Waals surface area (Å²) in [6.07, 6.45) is 4.08. The van der Waals surface area contributed by atoms with Gasteiger partial charge in [-0.1, -0.05) is 26.7 Å². The van der Waals surface area contributed by atoms with Crippen LogP contribution in [-0.2, 0) is 4.79 Å². The van der Waals surface area contributed by atoms with E-state index in [0.29, 0.717) is 13.2 Å². The molecule has 0 aromatic rings. The van der Waals surface area contributed by atoms with Crippen LogP contribution in [0, 0.1) is 0 Å². The van der Waals surface area contributed by atoms with Gasteiger partial charge in [-0.15, -0.1) is 0 Å². The molecule has 2 N–H and O–H groups in total. The molecule has 0 aliphatic heterocycles. The van der Waals surface area contributed by atoms with Crippen molar-refractivity contribution < 1.29 is 15.0 Å². The molecule has 12 heavy (non-hydrogen) atoms. The molecule has 0 fully saturated rings. The number of unbranched alkanes of at least 4 members (excludes halogenated alkanes) is 2. The van der Waals surface area contributed by atoms with Crippen molar-refractivity contribution in [3.63, 3.8) is 0 Å². The molecule has 0 saturated heterocycles. The van der Waals surface area contributed by atoms with E-state index in [4.69, 9.17) is 15.0 Å². The molecule has 0 radical (unpaired) electrons. The quantitative estimate of drug-likeness (QED) is 0.683. The fraction of sp³-hybridized carbons (Fsp3) is 0.889. The van der Waals surface area contributed by atoms with Crippen molar-refractivity contribution in [2.24, 2.45) is 0 Å². The normalized spacial score (nSPS) is 7.33. The van der Waals surface area contributed by atoms with Crippen LogP contribution in [0.1, 0.15) is 39.5 Å². The van der Waals surface area contributed by atoms with Crippen LogP contribution in [0.3, 0.4) is 0 Å². The van der Waals surface area contributed by atoms with Gasteiger partial charge >= 0.3 is 0 Å². The molecule has 0 aromatic heterocycles. The van der Waals surface area contributed by atoms with Crippen LogP contribution in [0.25, 0.3) is 0 Å². The summed E-state index contributed by atoms with van der Waals surface area (Å²) in [7, 11) is 0. The topological polar surface area (TPSA) is 57.5 Å². The highest BCUT2D eigenvalue weighted by molar-refractivity contribution is 5.10. The van der Waals surface area contributed by atoms with Crippen molar-refractivity contribution in [1.29, 1.82) is 0 Å². The maximum atomic E-state index is 8.07. The Kier molecular flexibility index (Phi) is 45.8. The largest absolute Gasteiger partial charge is 0.396 e. The smallest absolute Gasteiger partial charge is 0.106 e. The van der Waals surface area contributed by atoms with Gasteiger partial charge in [-0.2, -0.15) is 0 Å². The van der Waals surface area contributed by atoms with E-state index in [1.54, 1.807) is 0 Å². The lowest BCUT2D eigenvalue weighted by Crippen LogP contribution is -1.75. The Labute approximate surface area is 75.4 Å². The van der Waals surface area contributed by atoms with Gasteiger partial charge in [0.2, 0.25) is 0 Å². The summed E-state index contributed by atoms with van der Waals surface area (Å²) in [4.78, 5) is 8.00. The molecule has 0 aliphatic carbocycles. The predicted molar refractivity (Wildman–Crippen MR) is 51.1 cm³/mol. The second-order valence-electron chi connectivity index (χ2n) is 2.15. The minimum Gasteiger partial charge on any atom is -0.396 e. The van der Waals surface area contributed by atoms with Gasteiger partial charge in [-0.25, -0.2) is 0 Å². The van der Waals surface area contributed by atoms with Gasteiger partial charge in [0.15, 0.2) is 0 Å². The zero-order valence-electron chi connectivity index (χ0n) is 8.25. The van der Waals surface area contributed by atoms with Gasteiger partial charge in [0, 0.05) is 13.2 Å². The van der Waals surface area contributed by atoms with E-state index in [2.05, 4.69) is 13.8 Å². The molecule has 0 unspecified atom stereocenters. The number of rotatable bonds is 4. The van der Waals surface area contributed by atoms with Crippen LogP contribution < -0.4 is 0 Å². The van der Waals surface area contributed by atoms with Crippen LogP contribution in [0.15, 0.2) is 0 Å². The first-order valence-electron chi connectivity index (χ1n) is 4.34. The van der Waals surface area contributed by atoms with Gasteiger partial charge in [-0.05, 0) is 12.8 Å². The summed E-state index contributed by atoms with van der Waals surface area (Å²) in [6.45, 7) is 6.79. The fourth-order valence-electron chi connectivity index (χ4n) is 0.316. The molecule has 0 heterocycles. The average molecular weight is 178 g/mol. The van der Waals surface area contributed by atoms with Crippen molar-refractivity contribution >= 4 is 6.79 Å². The Morgan fingerprint density at radius 3 is 1.17 bits per heavy atom. The molecule has 3 heteroatoms. The van der Waals surface area contributed by atoms with E-state index in [0.717, 1.165) is 25.7 Å². The molecule has 0 aliphatic rings. The summed E-state index contributed by atoms with van der Waals surface area (Å²) in [6, 6.07) is 0. The molecule has 0 rings (SSSR count). The fourth-order valence-corrected chi connectivity index (χ4v) is 0.316. The molecule has 0 atom stereocenters. The van der Waals surface area contributed by atoms with Crippen LogP contribution in [0.4, 0.5) is 0 Å².